The molecule has 0 atom stereocenters. The highest BCUT2D eigenvalue weighted by Crippen LogP contribution is 2.34. The van der Waals surface area contributed by atoms with Crippen molar-refractivity contribution in [1.29, 1.82) is 0 Å². The van der Waals surface area contributed by atoms with E-state index in [4.69, 9.17) is 13.9 Å². The van der Waals surface area contributed by atoms with E-state index >= 15 is 0 Å². The number of aromatic nitrogens is 1. The highest BCUT2D eigenvalue weighted by Gasteiger charge is 2.28. The summed E-state index contributed by atoms with van der Waals surface area (Å²) < 4.78 is 16.8. The maximum Gasteiger partial charge on any atom is 0.273 e. The van der Waals surface area contributed by atoms with Crippen LogP contribution in [0.1, 0.15) is 53.1 Å². The lowest BCUT2D eigenvalue weighted by atomic mass is 10.1. The number of oxazole rings is 1. The summed E-state index contributed by atoms with van der Waals surface area (Å²) in [4.78, 5) is 43.5. The standard InChI is InChI=1S/C27H29N3O6/c1-4-18-7-5-6-8-23(18)34-15-22(31)19-9-10-24-21(11-19)30(26(32)16-35-24)13-25-29-20(14-36-25)27(33)28-12-17(2)3/h5-11,14,17H,4,12-13,15-16H2,1-3H3,(H,28,33). The summed E-state index contributed by atoms with van der Waals surface area (Å²) >= 11 is 0. The number of aryl methyl sites for hydroxylation is 1. The molecule has 0 fully saturated rings. The van der Waals surface area contributed by atoms with Gasteiger partial charge in [-0.05, 0) is 42.2 Å². The summed E-state index contributed by atoms with van der Waals surface area (Å²) in [5.74, 6) is 0.734. The molecule has 2 heterocycles. The lowest BCUT2D eigenvalue weighted by molar-refractivity contribution is -0.121. The van der Waals surface area contributed by atoms with E-state index in [-0.39, 0.29) is 48.9 Å². The fraction of sp³-hybridized carbons (Fsp3) is 0.333. The van der Waals surface area contributed by atoms with Crippen LogP contribution < -0.4 is 19.7 Å². The maximum atomic E-state index is 12.9. The number of nitrogens with zero attached hydrogens (tertiary/aromatic N) is 2. The minimum absolute atomic E-state index is 0.00925. The van der Waals surface area contributed by atoms with Gasteiger partial charge in [-0.1, -0.05) is 39.0 Å². The molecular weight excluding hydrogens is 462 g/mol. The Balaban J connectivity index is 1.49. The van der Waals surface area contributed by atoms with Crippen LogP contribution in [0.3, 0.4) is 0 Å². The van der Waals surface area contributed by atoms with Gasteiger partial charge in [0.15, 0.2) is 24.7 Å². The van der Waals surface area contributed by atoms with Crippen LogP contribution in [0.4, 0.5) is 5.69 Å². The zero-order chi connectivity index (χ0) is 25.7. The van der Waals surface area contributed by atoms with Crippen LogP contribution in [0, 0.1) is 5.92 Å². The summed E-state index contributed by atoms with van der Waals surface area (Å²) in [6.07, 6.45) is 2.06. The molecule has 0 spiro atoms. The van der Waals surface area contributed by atoms with Gasteiger partial charge in [-0.25, -0.2) is 4.98 Å². The van der Waals surface area contributed by atoms with Crippen molar-refractivity contribution in [2.75, 3.05) is 24.7 Å². The van der Waals surface area contributed by atoms with Gasteiger partial charge >= 0.3 is 0 Å². The average molecular weight is 492 g/mol. The van der Waals surface area contributed by atoms with Crippen molar-refractivity contribution in [3.8, 4) is 11.5 Å². The Morgan fingerprint density at radius 2 is 2.00 bits per heavy atom. The van der Waals surface area contributed by atoms with Gasteiger partial charge in [0, 0.05) is 12.1 Å². The van der Waals surface area contributed by atoms with Crippen molar-refractivity contribution >= 4 is 23.3 Å². The van der Waals surface area contributed by atoms with Gasteiger partial charge in [-0.2, -0.15) is 0 Å². The number of carbonyl (C=O) groups excluding carboxylic acids is 3. The number of Topliss-reactive ketones (excluding diaryl/α,β-unsaturated/α-hetero) is 1. The molecule has 188 valence electrons. The molecule has 9 nitrogen and oxygen atoms in total. The number of carbonyl (C=O) groups is 3. The molecule has 4 rings (SSSR count). The second kappa shape index (κ2) is 11.1. The number of fused-ring (bicyclic) bond motifs is 1. The topological polar surface area (TPSA) is 111 Å². The van der Waals surface area contributed by atoms with Crippen LogP contribution in [0.15, 0.2) is 53.1 Å². The summed E-state index contributed by atoms with van der Waals surface area (Å²) in [6.45, 7) is 6.22. The second-order valence-electron chi connectivity index (χ2n) is 8.85. The second-order valence-corrected chi connectivity index (χ2v) is 8.85. The Bertz CT molecular complexity index is 1270. The zero-order valence-corrected chi connectivity index (χ0v) is 20.6. The van der Waals surface area contributed by atoms with E-state index in [1.165, 1.54) is 11.2 Å². The summed E-state index contributed by atoms with van der Waals surface area (Å²) in [5.41, 5.74) is 1.96. The Morgan fingerprint density at radius 3 is 2.78 bits per heavy atom. The number of nitrogens with one attached hydrogen (secondary N) is 1. The van der Waals surface area contributed by atoms with Crippen molar-refractivity contribution < 1.29 is 28.3 Å². The number of hydrogen-bond donors (Lipinski definition) is 1. The fourth-order valence-electron chi connectivity index (χ4n) is 3.72. The molecule has 0 saturated heterocycles. The normalized spacial score (nSPS) is 12.8. The first-order valence-corrected chi connectivity index (χ1v) is 11.9. The molecule has 1 aromatic heterocycles. The molecule has 36 heavy (non-hydrogen) atoms. The Kier molecular flexibility index (Phi) is 7.68. The molecule has 2 amide bonds. The van der Waals surface area contributed by atoms with Gasteiger partial charge in [0.25, 0.3) is 11.8 Å². The van der Waals surface area contributed by atoms with Crippen molar-refractivity contribution in [3.05, 3.63) is 71.4 Å². The van der Waals surface area contributed by atoms with E-state index < -0.39 is 0 Å². The SMILES string of the molecule is CCc1ccccc1OCC(=O)c1ccc2c(c1)N(Cc1nc(C(=O)NCC(C)C)co1)C(=O)CO2. The number of rotatable bonds is 10. The summed E-state index contributed by atoms with van der Waals surface area (Å²) in [6, 6.07) is 12.5. The molecule has 1 N–H and O–H groups in total. The van der Waals surface area contributed by atoms with Crippen LogP contribution in [0.5, 0.6) is 11.5 Å². The van der Waals surface area contributed by atoms with E-state index in [1.807, 2.05) is 45.0 Å². The third-order valence-corrected chi connectivity index (χ3v) is 5.68. The van der Waals surface area contributed by atoms with E-state index in [0.717, 1.165) is 12.0 Å². The van der Waals surface area contributed by atoms with Crippen LogP contribution in [-0.4, -0.2) is 42.3 Å². The molecule has 0 aliphatic carbocycles. The van der Waals surface area contributed by atoms with Crippen molar-refractivity contribution in [2.24, 2.45) is 5.92 Å². The van der Waals surface area contributed by atoms with Gasteiger partial charge < -0.3 is 19.2 Å². The monoisotopic (exact) mass is 491 g/mol. The molecule has 3 aromatic rings. The smallest absolute Gasteiger partial charge is 0.273 e. The Labute approximate surface area is 209 Å². The highest BCUT2D eigenvalue weighted by molar-refractivity contribution is 6.02. The van der Waals surface area contributed by atoms with E-state index in [9.17, 15) is 14.4 Å². The molecule has 2 aromatic carbocycles. The van der Waals surface area contributed by atoms with Crippen LogP contribution >= 0.6 is 0 Å². The largest absolute Gasteiger partial charge is 0.485 e. The minimum Gasteiger partial charge on any atom is -0.485 e. The molecular formula is C27H29N3O6. The summed E-state index contributed by atoms with van der Waals surface area (Å²) in [7, 11) is 0. The van der Waals surface area contributed by atoms with Gasteiger partial charge in [0.2, 0.25) is 5.89 Å². The molecule has 0 unspecified atom stereocenters. The quantitative estimate of drug-likeness (QED) is 0.429. The fourth-order valence-corrected chi connectivity index (χ4v) is 3.72. The zero-order valence-electron chi connectivity index (χ0n) is 20.6. The van der Waals surface area contributed by atoms with E-state index in [1.54, 1.807) is 18.2 Å². The minimum atomic E-state index is -0.343. The number of amides is 2. The summed E-state index contributed by atoms with van der Waals surface area (Å²) in [5, 5.41) is 2.78. The number of anilines is 1. The number of para-hydroxylation sites is 1. The van der Waals surface area contributed by atoms with Crippen LogP contribution in [0.25, 0.3) is 0 Å². The molecule has 1 aliphatic rings. The lowest BCUT2D eigenvalue weighted by Gasteiger charge is -2.28. The molecule has 1 aliphatic heterocycles. The highest BCUT2D eigenvalue weighted by atomic mass is 16.5. The Morgan fingerprint density at radius 1 is 1.19 bits per heavy atom. The lowest BCUT2D eigenvalue weighted by Crippen LogP contribution is -2.38. The van der Waals surface area contributed by atoms with Gasteiger partial charge in [-0.3, -0.25) is 19.3 Å². The average Bonchev–Trinajstić information content (AvgIpc) is 3.36. The predicted molar refractivity (Wildman–Crippen MR) is 132 cm³/mol. The number of benzene rings is 2. The number of ether oxygens (including phenoxy) is 2. The third kappa shape index (κ3) is 5.73. The molecule has 0 radical (unpaired) electrons. The maximum absolute atomic E-state index is 12.9. The van der Waals surface area contributed by atoms with Gasteiger partial charge in [-0.15, -0.1) is 0 Å². The third-order valence-electron chi connectivity index (χ3n) is 5.68. The van der Waals surface area contributed by atoms with Gasteiger partial charge in [0.1, 0.15) is 24.3 Å². The predicted octanol–water partition coefficient (Wildman–Crippen LogP) is 3.81. The molecule has 9 heteroatoms. The van der Waals surface area contributed by atoms with E-state index in [0.29, 0.717) is 35.2 Å². The van der Waals surface area contributed by atoms with Crippen LogP contribution in [0.2, 0.25) is 0 Å². The van der Waals surface area contributed by atoms with E-state index in [2.05, 4.69) is 10.3 Å². The first kappa shape index (κ1) is 25.0. The van der Waals surface area contributed by atoms with Gasteiger partial charge in [0.05, 0.1) is 5.69 Å². The number of ketones is 1. The molecule has 0 saturated carbocycles. The van der Waals surface area contributed by atoms with Crippen molar-refractivity contribution in [3.63, 3.8) is 0 Å². The van der Waals surface area contributed by atoms with Crippen molar-refractivity contribution in [1.82, 2.24) is 10.3 Å². The van der Waals surface area contributed by atoms with Crippen LogP contribution in [-0.2, 0) is 17.8 Å². The number of hydrogen-bond acceptors (Lipinski definition) is 7. The molecule has 0 bridgehead atoms. The van der Waals surface area contributed by atoms with Crippen molar-refractivity contribution in [2.45, 2.75) is 33.7 Å². The Hall–Kier alpha value is -4.14. The first-order chi connectivity index (χ1) is 17.4. The first-order valence-electron chi connectivity index (χ1n) is 11.9.